The van der Waals surface area contributed by atoms with Crippen LogP contribution in [0.3, 0.4) is 0 Å². The van der Waals surface area contributed by atoms with Gasteiger partial charge in [0, 0.05) is 17.8 Å². The zero-order valence-electron chi connectivity index (χ0n) is 7.35. The van der Waals surface area contributed by atoms with E-state index in [9.17, 15) is 0 Å². The normalized spacial score (nSPS) is 11.0. The monoisotopic (exact) mass is 253 g/mol. The highest BCUT2D eigenvalue weighted by molar-refractivity contribution is 7.25. The quantitative estimate of drug-likeness (QED) is 0.624. The minimum Gasteiger partial charge on any atom is -0.242 e. The molecule has 0 atom stereocenters. The van der Waals surface area contributed by atoms with E-state index < -0.39 is 0 Å². The van der Waals surface area contributed by atoms with Gasteiger partial charge in [-0.1, -0.05) is 11.6 Å². The molecule has 0 N–H and O–H groups in total. The standard InChI is InChI=1S/C9H4ClN3S2/c10-7-6-5(1-2-11-7)15-9(13-6)8-12-3-4-14-8/h1-4H. The van der Waals surface area contributed by atoms with Crippen molar-refractivity contribution in [2.45, 2.75) is 0 Å². The summed E-state index contributed by atoms with van der Waals surface area (Å²) in [7, 11) is 0. The Labute approximate surface area is 98.4 Å². The molecule has 3 heterocycles. The van der Waals surface area contributed by atoms with Crippen molar-refractivity contribution in [3.8, 4) is 10.0 Å². The first-order chi connectivity index (χ1) is 7.34. The molecule has 0 saturated carbocycles. The molecule has 74 valence electrons. The van der Waals surface area contributed by atoms with Crippen molar-refractivity contribution in [1.29, 1.82) is 0 Å². The second-order valence-corrected chi connectivity index (χ2v) is 5.09. The Kier molecular flexibility index (Phi) is 2.16. The Morgan fingerprint density at radius 3 is 2.80 bits per heavy atom. The van der Waals surface area contributed by atoms with Crippen LogP contribution in [0.25, 0.3) is 20.2 Å². The molecule has 0 bridgehead atoms. The molecule has 0 fully saturated rings. The van der Waals surface area contributed by atoms with Crippen molar-refractivity contribution in [2.75, 3.05) is 0 Å². The van der Waals surface area contributed by atoms with Gasteiger partial charge < -0.3 is 0 Å². The third-order valence-electron chi connectivity index (χ3n) is 1.88. The average molecular weight is 254 g/mol. The van der Waals surface area contributed by atoms with Crippen molar-refractivity contribution in [3.05, 3.63) is 29.0 Å². The Morgan fingerprint density at radius 1 is 1.13 bits per heavy atom. The van der Waals surface area contributed by atoms with E-state index in [1.807, 2.05) is 11.4 Å². The third-order valence-corrected chi connectivity index (χ3v) is 4.09. The van der Waals surface area contributed by atoms with Crippen LogP contribution < -0.4 is 0 Å². The largest absolute Gasteiger partial charge is 0.242 e. The van der Waals surface area contributed by atoms with E-state index in [1.54, 1.807) is 35.1 Å². The summed E-state index contributed by atoms with van der Waals surface area (Å²) in [6.07, 6.45) is 3.46. The van der Waals surface area contributed by atoms with Gasteiger partial charge in [-0.05, 0) is 6.07 Å². The zero-order chi connectivity index (χ0) is 10.3. The lowest BCUT2D eigenvalue weighted by Gasteiger charge is -1.87. The number of thiazole rings is 2. The molecule has 3 aromatic heterocycles. The SMILES string of the molecule is Clc1nccc2sc(-c3nccs3)nc12. The number of hydrogen-bond acceptors (Lipinski definition) is 5. The highest BCUT2D eigenvalue weighted by atomic mass is 35.5. The second-order valence-electron chi connectivity index (χ2n) is 2.80. The molecule has 3 aromatic rings. The molecular formula is C9H4ClN3S2. The maximum Gasteiger partial charge on any atom is 0.156 e. The van der Waals surface area contributed by atoms with Crippen LogP contribution in [-0.4, -0.2) is 15.0 Å². The van der Waals surface area contributed by atoms with Crippen LogP contribution in [0.1, 0.15) is 0 Å². The second kappa shape index (κ2) is 3.52. The predicted molar refractivity (Wildman–Crippen MR) is 63.5 cm³/mol. The maximum absolute atomic E-state index is 5.95. The Hall–Kier alpha value is -1.04. The van der Waals surface area contributed by atoms with Gasteiger partial charge in [-0.25, -0.2) is 15.0 Å². The molecule has 3 nitrogen and oxygen atoms in total. The van der Waals surface area contributed by atoms with Gasteiger partial charge in [0.15, 0.2) is 15.2 Å². The van der Waals surface area contributed by atoms with Crippen molar-refractivity contribution in [1.82, 2.24) is 15.0 Å². The molecule has 0 aliphatic rings. The summed E-state index contributed by atoms with van der Waals surface area (Å²) in [4.78, 5) is 12.6. The van der Waals surface area contributed by atoms with Crippen molar-refractivity contribution < 1.29 is 0 Å². The number of halogens is 1. The van der Waals surface area contributed by atoms with Crippen molar-refractivity contribution in [2.24, 2.45) is 0 Å². The van der Waals surface area contributed by atoms with E-state index in [4.69, 9.17) is 11.6 Å². The Balaban J connectivity index is 2.27. The minimum absolute atomic E-state index is 0.451. The molecule has 3 rings (SSSR count). The molecular weight excluding hydrogens is 250 g/mol. The van der Waals surface area contributed by atoms with Gasteiger partial charge in [0.25, 0.3) is 0 Å². The summed E-state index contributed by atoms with van der Waals surface area (Å²) in [5.74, 6) is 0. The Bertz CT molecular complexity index is 603. The van der Waals surface area contributed by atoms with Crippen molar-refractivity contribution >= 4 is 44.5 Å². The first-order valence-electron chi connectivity index (χ1n) is 4.15. The molecule has 0 saturated heterocycles. The minimum atomic E-state index is 0.451. The van der Waals surface area contributed by atoms with E-state index in [1.165, 1.54) is 0 Å². The van der Waals surface area contributed by atoms with Crippen LogP contribution in [0.2, 0.25) is 5.15 Å². The lowest BCUT2D eigenvalue weighted by Crippen LogP contribution is -1.76. The number of fused-ring (bicyclic) bond motifs is 1. The van der Waals surface area contributed by atoms with Crippen LogP contribution in [0.15, 0.2) is 23.8 Å². The van der Waals surface area contributed by atoms with Gasteiger partial charge in [-0.2, -0.15) is 0 Å². The number of hydrogen-bond donors (Lipinski definition) is 0. The fourth-order valence-corrected chi connectivity index (χ4v) is 3.14. The first kappa shape index (κ1) is 9.21. The molecule has 0 aliphatic heterocycles. The van der Waals surface area contributed by atoms with Crippen LogP contribution in [0, 0.1) is 0 Å². The molecule has 0 radical (unpaired) electrons. The number of aromatic nitrogens is 3. The van der Waals surface area contributed by atoms with Gasteiger partial charge >= 0.3 is 0 Å². The lowest BCUT2D eigenvalue weighted by atomic mass is 10.4. The van der Waals surface area contributed by atoms with Crippen molar-refractivity contribution in [3.63, 3.8) is 0 Å². The fraction of sp³-hybridized carbons (Fsp3) is 0. The lowest BCUT2D eigenvalue weighted by molar-refractivity contribution is 1.33. The van der Waals surface area contributed by atoms with Gasteiger partial charge in [-0.15, -0.1) is 22.7 Å². The number of pyridine rings is 1. The Morgan fingerprint density at radius 2 is 2.07 bits per heavy atom. The smallest absolute Gasteiger partial charge is 0.156 e. The highest BCUT2D eigenvalue weighted by Crippen LogP contribution is 2.33. The average Bonchev–Trinajstić information content (AvgIpc) is 2.86. The maximum atomic E-state index is 5.95. The van der Waals surface area contributed by atoms with E-state index in [-0.39, 0.29) is 0 Å². The van der Waals surface area contributed by atoms with E-state index in [0.29, 0.717) is 5.15 Å². The predicted octanol–water partition coefficient (Wildman–Crippen LogP) is 3.47. The summed E-state index contributed by atoms with van der Waals surface area (Å²) in [5, 5.41) is 4.20. The summed E-state index contributed by atoms with van der Waals surface area (Å²) >= 11 is 9.10. The van der Waals surface area contributed by atoms with Gasteiger partial charge in [0.05, 0.1) is 4.70 Å². The molecule has 0 aromatic carbocycles. The molecule has 0 spiro atoms. The van der Waals surface area contributed by atoms with Gasteiger partial charge in [-0.3, -0.25) is 0 Å². The summed E-state index contributed by atoms with van der Waals surface area (Å²) < 4.78 is 1.04. The fourth-order valence-electron chi connectivity index (χ4n) is 1.24. The van der Waals surface area contributed by atoms with Crippen LogP contribution >= 0.6 is 34.3 Å². The number of nitrogens with zero attached hydrogens (tertiary/aromatic N) is 3. The first-order valence-corrected chi connectivity index (χ1v) is 6.23. The molecule has 0 aliphatic carbocycles. The molecule has 15 heavy (non-hydrogen) atoms. The number of rotatable bonds is 1. The van der Waals surface area contributed by atoms with Gasteiger partial charge in [0.1, 0.15) is 5.52 Å². The summed E-state index contributed by atoms with van der Waals surface area (Å²) in [6.45, 7) is 0. The summed E-state index contributed by atoms with van der Waals surface area (Å²) in [6, 6.07) is 1.91. The van der Waals surface area contributed by atoms with E-state index in [0.717, 1.165) is 20.2 Å². The van der Waals surface area contributed by atoms with Gasteiger partial charge in [0.2, 0.25) is 0 Å². The van der Waals surface area contributed by atoms with E-state index in [2.05, 4.69) is 15.0 Å². The summed E-state index contributed by atoms with van der Waals surface area (Å²) in [5.41, 5.74) is 0.759. The van der Waals surface area contributed by atoms with Crippen LogP contribution in [0.4, 0.5) is 0 Å². The highest BCUT2D eigenvalue weighted by Gasteiger charge is 2.10. The topological polar surface area (TPSA) is 38.7 Å². The molecule has 0 amide bonds. The van der Waals surface area contributed by atoms with E-state index >= 15 is 0 Å². The zero-order valence-corrected chi connectivity index (χ0v) is 9.73. The molecule has 6 heteroatoms. The third kappa shape index (κ3) is 1.52. The van der Waals surface area contributed by atoms with Crippen LogP contribution in [-0.2, 0) is 0 Å². The molecule has 0 unspecified atom stereocenters. The van der Waals surface area contributed by atoms with Crippen LogP contribution in [0.5, 0.6) is 0 Å².